The molecule has 0 aliphatic carbocycles. The number of aliphatic hydroxyl groups is 1. The lowest BCUT2D eigenvalue weighted by molar-refractivity contribution is -0.274. The third-order valence-corrected chi connectivity index (χ3v) is 5.72. The first-order valence-electron chi connectivity index (χ1n) is 9.52. The molecule has 0 aliphatic heterocycles. The Kier molecular flexibility index (Phi) is 6.48. The normalized spacial score (nSPS) is 14.6. The molecule has 0 aliphatic rings. The van der Waals surface area contributed by atoms with Crippen molar-refractivity contribution in [3.63, 3.8) is 0 Å². The molecule has 3 rings (SSSR count). The van der Waals surface area contributed by atoms with Crippen molar-refractivity contribution in [3.05, 3.63) is 92.9 Å². The van der Waals surface area contributed by atoms with E-state index in [1.165, 1.54) is 19.1 Å². The smallest absolute Gasteiger partial charge is 0.422 e. The summed E-state index contributed by atoms with van der Waals surface area (Å²) in [4.78, 5) is 24.2. The van der Waals surface area contributed by atoms with Gasteiger partial charge in [-0.3, -0.25) is 9.59 Å². The summed E-state index contributed by atoms with van der Waals surface area (Å²) in [7, 11) is 0. The maximum absolute atomic E-state index is 14.0. The number of nitrogens with one attached hydrogen (secondary N) is 1. The van der Waals surface area contributed by atoms with Gasteiger partial charge in [-0.25, -0.2) is 0 Å². The highest BCUT2D eigenvalue weighted by atomic mass is 35.5. The summed E-state index contributed by atoms with van der Waals surface area (Å²) in [5.74, 6) is -2.45. The van der Waals surface area contributed by atoms with Crippen LogP contribution in [0, 0.1) is 0 Å². The third kappa shape index (κ3) is 4.56. The number of aromatic nitrogens is 1. The van der Waals surface area contributed by atoms with Crippen molar-refractivity contribution in [3.8, 4) is 11.1 Å². The molecule has 0 radical (unpaired) electrons. The van der Waals surface area contributed by atoms with E-state index < -0.39 is 34.8 Å². The van der Waals surface area contributed by atoms with E-state index >= 15 is 0 Å². The predicted molar refractivity (Wildman–Crippen MR) is 114 cm³/mol. The maximum atomic E-state index is 14.0. The van der Waals surface area contributed by atoms with Gasteiger partial charge in [-0.15, -0.1) is 0 Å². The molecule has 0 saturated heterocycles. The summed E-state index contributed by atoms with van der Waals surface area (Å²) in [5.41, 5.74) is -2.40. The van der Waals surface area contributed by atoms with Crippen LogP contribution in [-0.4, -0.2) is 27.3 Å². The first-order valence-corrected chi connectivity index (χ1v) is 9.90. The van der Waals surface area contributed by atoms with Crippen LogP contribution in [0.25, 0.3) is 11.1 Å². The highest BCUT2D eigenvalue weighted by Crippen LogP contribution is 2.49. The van der Waals surface area contributed by atoms with Gasteiger partial charge in [-0.05, 0) is 34.4 Å². The number of pyridine rings is 1. The summed E-state index contributed by atoms with van der Waals surface area (Å²) in [5, 5.41) is 19.7. The summed E-state index contributed by atoms with van der Waals surface area (Å²) in [6.45, 7) is 1.21. The highest BCUT2D eigenvalue weighted by molar-refractivity contribution is 6.31. The molecule has 168 valence electrons. The number of hydrogen-bond acceptors (Lipinski definition) is 3. The molecule has 9 heteroatoms. The summed E-state index contributed by atoms with van der Waals surface area (Å²) < 4.78 is 42.0. The predicted octanol–water partition coefficient (Wildman–Crippen LogP) is 4.88. The molecule has 5 nitrogen and oxygen atoms in total. The lowest BCUT2D eigenvalue weighted by Gasteiger charge is -2.36. The van der Waals surface area contributed by atoms with E-state index in [9.17, 15) is 27.9 Å². The Labute approximate surface area is 186 Å². The van der Waals surface area contributed by atoms with E-state index in [-0.39, 0.29) is 17.0 Å². The quantitative estimate of drug-likeness (QED) is 0.484. The molecule has 0 amide bonds. The lowest BCUT2D eigenvalue weighted by Crippen LogP contribution is -2.46. The highest BCUT2D eigenvalue weighted by Gasteiger charge is 2.59. The third-order valence-electron chi connectivity index (χ3n) is 5.39. The molecule has 3 aromatic rings. The zero-order valence-corrected chi connectivity index (χ0v) is 17.5. The van der Waals surface area contributed by atoms with Crippen molar-refractivity contribution in [1.82, 2.24) is 4.98 Å². The van der Waals surface area contributed by atoms with Gasteiger partial charge in [-0.2, -0.15) is 13.2 Å². The Hall–Kier alpha value is -3.10. The molecule has 2 aromatic carbocycles. The first-order chi connectivity index (χ1) is 14.9. The van der Waals surface area contributed by atoms with Gasteiger partial charge in [0.25, 0.3) is 0 Å². The minimum atomic E-state index is -5.05. The number of halogens is 4. The Morgan fingerprint density at radius 1 is 1.06 bits per heavy atom. The van der Waals surface area contributed by atoms with Crippen LogP contribution in [0.2, 0.25) is 5.02 Å². The first kappa shape index (κ1) is 23.6. The van der Waals surface area contributed by atoms with Crippen molar-refractivity contribution in [2.24, 2.45) is 0 Å². The van der Waals surface area contributed by atoms with Gasteiger partial charge in [-0.1, -0.05) is 54.9 Å². The van der Waals surface area contributed by atoms with Crippen LogP contribution in [-0.2, 0) is 16.8 Å². The zero-order chi connectivity index (χ0) is 23.7. The second kappa shape index (κ2) is 8.80. The fraction of sp³-hybridized carbons (Fsp3) is 0.217. The molecule has 1 aromatic heterocycles. The van der Waals surface area contributed by atoms with Crippen LogP contribution in [0.1, 0.15) is 29.5 Å². The molecular formula is C23H19ClF3NO4. The van der Waals surface area contributed by atoms with E-state index in [1.54, 1.807) is 30.3 Å². The average Bonchev–Trinajstić information content (AvgIpc) is 2.72. The van der Waals surface area contributed by atoms with Crippen LogP contribution in [0.4, 0.5) is 13.2 Å². The minimum absolute atomic E-state index is 0.0247. The molecule has 0 bridgehead atoms. The maximum Gasteiger partial charge on any atom is 0.422 e. The molecule has 32 heavy (non-hydrogen) atoms. The lowest BCUT2D eigenvalue weighted by atomic mass is 9.78. The number of carboxylic acids is 1. The molecular weight excluding hydrogens is 447 g/mol. The number of aliphatic carboxylic acids is 1. The minimum Gasteiger partial charge on any atom is -0.481 e. The van der Waals surface area contributed by atoms with Crippen molar-refractivity contribution in [1.29, 1.82) is 0 Å². The number of carboxylic acid groups (broad SMARTS) is 1. The molecule has 0 fully saturated rings. The number of benzene rings is 2. The van der Waals surface area contributed by atoms with Gasteiger partial charge in [0, 0.05) is 28.8 Å². The van der Waals surface area contributed by atoms with Crippen LogP contribution in [0.15, 0.2) is 65.6 Å². The SMILES string of the molecule is C[C@@H](c1ccc(-c2ccc(CC(=O)O)cc2)cc1Cl)[C@](O)(c1ccc(=O)[nH]c1)C(F)(F)F. The van der Waals surface area contributed by atoms with Gasteiger partial charge in [0.2, 0.25) is 5.56 Å². The van der Waals surface area contributed by atoms with Crippen molar-refractivity contribution in [2.75, 3.05) is 0 Å². The largest absolute Gasteiger partial charge is 0.481 e. The second-order valence-electron chi connectivity index (χ2n) is 7.43. The summed E-state index contributed by atoms with van der Waals surface area (Å²) in [6, 6.07) is 13.0. The molecule has 1 heterocycles. The van der Waals surface area contributed by atoms with Crippen LogP contribution in [0.3, 0.4) is 0 Å². The molecule has 0 unspecified atom stereocenters. The molecule has 0 spiro atoms. The van der Waals surface area contributed by atoms with Crippen LogP contribution in [0.5, 0.6) is 0 Å². The number of hydrogen-bond donors (Lipinski definition) is 3. The standard InChI is InChI=1S/C23H19ClF3NO4/c1-13(22(32,23(25,26)27)17-7-9-20(29)28-12-17)18-8-6-16(11-19(18)24)15-4-2-14(3-5-15)10-21(30)31/h2-9,11-13,32H,10H2,1H3,(H,28,29)(H,30,31)/t13-,22-/m0/s1. The van der Waals surface area contributed by atoms with Gasteiger partial charge >= 0.3 is 12.1 Å². The van der Waals surface area contributed by atoms with Gasteiger partial charge in [0.1, 0.15) is 0 Å². The monoisotopic (exact) mass is 465 g/mol. The van der Waals surface area contributed by atoms with E-state index in [1.807, 2.05) is 0 Å². The number of alkyl halides is 3. The fourth-order valence-electron chi connectivity index (χ4n) is 3.58. The van der Waals surface area contributed by atoms with Crippen LogP contribution >= 0.6 is 11.6 Å². The van der Waals surface area contributed by atoms with Crippen LogP contribution < -0.4 is 5.56 Å². The zero-order valence-electron chi connectivity index (χ0n) is 16.8. The van der Waals surface area contributed by atoms with E-state index in [0.29, 0.717) is 16.7 Å². The molecule has 0 saturated carbocycles. The number of aromatic amines is 1. The van der Waals surface area contributed by atoms with Gasteiger partial charge in [0.15, 0.2) is 5.60 Å². The van der Waals surface area contributed by atoms with Gasteiger partial charge in [0.05, 0.1) is 6.42 Å². The number of rotatable bonds is 6. The van der Waals surface area contributed by atoms with E-state index in [2.05, 4.69) is 4.98 Å². The average molecular weight is 466 g/mol. The summed E-state index contributed by atoms with van der Waals surface area (Å²) in [6.07, 6.45) is -4.34. The second-order valence-corrected chi connectivity index (χ2v) is 7.84. The Morgan fingerprint density at radius 3 is 2.19 bits per heavy atom. The summed E-state index contributed by atoms with van der Waals surface area (Å²) >= 11 is 6.33. The Balaban J connectivity index is 1.99. The molecule has 3 N–H and O–H groups in total. The number of carbonyl (C=O) groups is 1. The van der Waals surface area contributed by atoms with Crippen molar-refractivity contribution in [2.45, 2.75) is 31.0 Å². The van der Waals surface area contributed by atoms with E-state index in [4.69, 9.17) is 16.7 Å². The van der Waals surface area contributed by atoms with Crippen molar-refractivity contribution < 1.29 is 28.2 Å². The van der Waals surface area contributed by atoms with E-state index in [0.717, 1.165) is 18.3 Å². The molecule has 2 atom stereocenters. The topological polar surface area (TPSA) is 90.4 Å². The Bertz CT molecular complexity index is 1170. The Morgan fingerprint density at radius 2 is 1.69 bits per heavy atom. The van der Waals surface area contributed by atoms with Gasteiger partial charge < -0.3 is 15.2 Å². The van der Waals surface area contributed by atoms with Crippen molar-refractivity contribution >= 4 is 17.6 Å². The fourth-order valence-corrected chi connectivity index (χ4v) is 3.92. The number of H-pyrrole nitrogens is 1.